The largest absolute Gasteiger partial charge is 0.490 e. The first-order valence-corrected chi connectivity index (χ1v) is 13.7. The third-order valence-electron chi connectivity index (χ3n) is 8.32. The van der Waals surface area contributed by atoms with E-state index < -0.39 is 17.5 Å². The van der Waals surface area contributed by atoms with Gasteiger partial charge in [0, 0.05) is 34.3 Å². The van der Waals surface area contributed by atoms with Gasteiger partial charge >= 0.3 is 0 Å². The van der Waals surface area contributed by atoms with Crippen LogP contribution in [0.2, 0.25) is 5.02 Å². The molecule has 9 nitrogen and oxygen atoms in total. The molecule has 0 radical (unpaired) electrons. The van der Waals surface area contributed by atoms with Crippen LogP contribution in [0.4, 0.5) is 5.69 Å². The number of hydrogen-bond donors (Lipinski definition) is 1. The number of amides is 1. The summed E-state index contributed by atoms with van der Waals surface area (Å²) < 4.78 is 12.0. The maximum atomic E-state index is 13.7. The lowest BCUT2D eigenvalue weighted by molar-refractivity contribution is -0.534. The molecule has 40 heavy (non-hydrogen) atoms. The maximum absolute atomic E-state index is 13.7. The predicted octanol–water partition coefficient (Wildman–Crippen LogP) is 5.24. The maximum Gasteiger partial charge on any atom is 0.256 e. The molecule has 10 heteroatoms. The number of fused-ring (bicyclic) bond motifs is 4. The van der Waals surface area contributed by atoms with Crippen LogP contribution in [0.25, 0.3) is 0 Å². The summed E-state index contributed by atoms with van der Waals surface area (Å²) in [6.45, 7) is 2.83. The molecule has 1 N–H and O–H groups in total. The van der Waals surface area contributed by atoms with Gasteiger partial charge in [0.25, 0.3) is 11.9 Å². The van der Waals surface area contributed by atoms with E-state index in [2.05, 4.69) is 11.4 Å². The number of rotatable bonds is 7. The monoisotopic (exact) mass is 558 g/mol. The highest BCUT2D eigenvalue weighted by Gasteiger charge is 2.73. The minimum atomic E-state index is -1.42. The topological polar surface area (TPSA) is 118 Å². The van der Waals surface area contributed by atoms with Crippen molar-refractivity contribution in [3.8, 4) is 17.6 Å². The average molecular weight is 559 g/mol. The molecule has 0 aromatic heterocycles. The van der Waals surface area contributed by atoms with Crippen LogP contribution in [-0.2, 0) is 16.9 Å². The number of carbonyl (C=O) groups is 1. The molecule has 6 rings (SSSR count). The van der Waals surface area contributed by atoms with Crippen molar-refractivity contribution in [3.05, 3.63) is 98.1 Å². The van der Waals surface area contributed by atoms with E-state index in [9.17, 15) is 20.2 Å². The normalized spacial score (nSPS) is 24.8. The fourth-order valence-electron chi connectivity index (χ4n) is 6.86. The van der Waals surface area contributed by atoms with E-state index in [1.165, 1.54) is 0 Å². The van der Waals surface area contributed by atoms with Crippen LogP contribution in [0.3, 0.4) is 0 Å². The SMILES string of the molecule is CCOc1cc([C@@H]2[C@@H]3CCCN3[C@@]3(C(=O)Nc4ccccc43)[C@@H]2[N+](=O)[O-])cc(Cl)c1OCc1ccccc1C#N. The third kappa shape index (κ3) is 3.82. The Hall–Kier alpha value is -4.13. The average Bonchev–Trinajstić information content (AvgIpc) is 3.61. The van der Waals surface area contributed by atoms with E-state index in [4.69, 9.17) is 21.1 Å². The molecule has 0 saturated carbocycles. The number of para-hydroxylation sites is 1. The Morgan fingerprint density at radius 1 is 1.20 bits per heavy atom. The molecular weight excluding hydrogens is 532 g/mol. The van der Waals surface area contributed by atoms with Crippen molar-refractivity contribution in [1.82, 2.24) is 4.90 Å². The number of hydrogen-bond acceptors (Lipinski definition) is 7. The van der Waals surface area contributed by atoms with E-state index in [0.717, 1.165) is 12.8 Å². The van der Waals surface area contributed by atoms with Crippen molar-refractivity contribution in [2.24, 2.45) is 0 Å². The first-order chi connectivity index (χ1) is 19.4. The van der Waals surface area contributed by atoms with Crippen LogP contribution < -0.4 is 14.8 Å². The van der Waals surface area contributed by atoms with Crippen molar-refractivity contribution in [3.63, 3.8) is 0 Å². The summed E-state index contributed by atoms with van der Waals surface area (Å²) in [7, 11) is 0. The molecular formula is C30H27ClN4O5. The quantitative estimate of drug-likeness (QED) is 0.311. The molecule has 1 spiro atoms. The molecule has 0 bridgehead atoms. The van der Waals surface area contributed by atoms with Crippen molar-refractivity contribution >= 4 is 23.2 Å². The molecule has 2 saturated heterocycles. The second kappa shape index (κ2) is 10.1. The summed E-state index contributed by atoms with van der Waals surface area (Å²) >= 11 is 6.79. The van der Waals surface area contributed by atoms with Gasteiger partial charge in [-0.25, -0.2) is 0 Å². The van der Waals surface area contributed by atoms with Crippen LogP contribution in [0.5, 0.6) is 11.5 Å². The Morgan fingerprint density at radius 3 is 2.75 bits per heavy atom. The van der Waals surface area contributed by atoms with Gasteiger partial charge in [-0.2, -0.15) is 5.26 Å². The summed E-state index contributed by atoms with van der Waals surface area (Å²) in [4.78, 5) is 28.3. The van der Waals surface area contributed by atoms with E-state index in [1.807, 2.05) is 36.1 Å². The highest BCUT2D eigenvalue weighted by atomic mass is 35.5. The molecule has 0 aliphatic carbocycles. The molecule has 3 heterocycles. The second-order valence-electron chi connectivity index (χ2n) is 10.2. The van der Waals surface area contributed by atoms with Crippen molar-refractivity contribution in [2.45, 2.75) is 49.9 Å². The molecule has 3 aromatic rings. The number of nitrogens with one attached hydrogen (secondary N) is 1. The fourth-order valence-corrected chi connectivity index (χ4v) is 7.14. The van der Waals surface area contributed by atoms with Crippen LogP contribution >= 0.6 is 11.6 Å². The third-order valence-corrected chi connectivity index (χ3v) is 8.60. The van der Waals surface area contributed by atoms with Gasteiger partial charge in [-0.1, -0.05) is 48.0 Å². The fraction of sp³-hybridized carbons (Fsp3) is 0.333. The van der Waals surface area contributed by atoms with E-state index in [0.29, 0.717) is 52.6 Å². The number of nitrogens with zero attached hydrogens (tertiary/aromatic N) is 3. The van der Waals surface area contributed by atoms with Gasteiger partial charge in [0.1, 0.15) is 6.61 Å². The lowest BCUT2D eigenvalue weighted by atomic mass is 9.77. The van der Waals surface area contributed by atoms with Gasteiger partial charge in [-0.15, -0.1) is 0 Å². The molecule has 204 valence electrons. The van der Waals surface area contributed by atoms with E-state index in [1.54, 1.807) is 36.4 Å². The number of carbonyl (C=O) groups excluding carboxylic acids is 1. The molecule has 0 unspecified atom stereocenters. The minimum absolute atomic E-state index is 0.0975. The summed E-state index contributed by atoms with van der Waals surface area (Å²) in [6, 6.07) is 18.5. The van der Waals surface area contributed by atoms with Crippen molar-refractivity contribution in [2.75, 3.05) is 18.5 Å². The van der Waals surface area contributed by atoms with Crippen LogP contribution in [0.1, 0.15) is 47.9 Å². The minimum Gasteiger partial charge on any atom is -0.490 e. The van der Waals surface area contributed by atoms with Gasteiger partial charge < -0.3 is 14.8 Å². The Morgan fingerprint density at radius 2 is 1.98 bits per heavy atom. The smallest absolute Gasteiger partial charge is 0.256 e. The number of halogens is 1. The molecule has 2 fully saturated rings. The Balaban J connectivity index is 1.44. The zero-order chi connectivity index (χ0) is 28.0. The number of nitriles is 1. The molecule has 3 aromatic carbocycles. The number of ether oxygens (including phenoxy) is 2. The molecule has 3 aliphatic rings. The lowest BCUT2D eigenvalue weighted by Crippen LogP contribution is -2.55. The molecule has 4 atom stereocenters. The van der Waals surface area contributed by atoms with Gasteiger partial charge in [0.15, 0.2) is 17.0 Å². The first kappa shape index (κ1) is 26.1. The van der Waals surface area contributed by atoms with E-state index in [-0.39, 0.29) is 28.5 Å². The molecule has 1 amide bonds. The number of anilines is 1. The van der Waals surface area contributed by atoms with Crippen molar-refractivity contribution < 1.29 is 19.2 Å². The first-order valence-electron chi connectivity index (χ1n) is 13.3. The van der Waals surface area contributed by atoms with Crippen molar-refractivity contribution in [1.29, 1.82) is 5.26 Å². The van der Waals surface area contributed by atoms with Crippen LogP contribution in [-0.4, -0.2) is 41.0 Å². The zero-order valence-electron chi connectivity index (χ0n) is 21.8. The summed E-state index contributed by atoms with van der Waals surface area (Å²) in [5.74, 6) is -0.308. The van der Waals surface area contributed by atoms with Crippen LogP contribution in [0, 0.1) is 21.4 Å². The van der Waals surface area contributed by atoms with Gasteiger partial charge in [-0.3, -0.25) is 19.8 Å². The number of benzene rings is 3. The summed E-state index contributed by atoms with van der Waals surface area (Å²) in [5, 5.41) is 25.5. The van der Waals surface area contributed by atoms with Gasteiger partial charge in [0.2, 0.25) is 0 Å². The highest BCUT2D eigenvalue weighted by molar-refractivity contribution is 6.32. The zero-order valence-corrected chi connectivity index (χ0v) is 22.6. The van der Waals surface area contributed by atoms with E-state index >= 15 is 0 Å². The predicted molar refractivity (Wildman–Crippen MR) is 148 cm³/mol. The second-order valence-corrected chi connectivity index (χ2v) is 10.7. The lowest BCUT2D eigenvalue weighted by Gasteiger charge is -2.32. The number of nitro groups is 1. The van der Waals surface area contributed by atoms with Gasteiger partial charge in [0.05, 0.1) is 29.2 Å². The summed E-state index contributed by atoms with van der Waals surface area (Å²) in [6.07, 6.45) is 1.55. The van der Waals surface area contributed by atoms with Crippen LogP contribution in [0.15, 0.2) is 60.7 Å². The van der Waals surface area contributed by atoms with Gasteiger partial charge in [-0.05, 0) is 49.6 Å². The highest BCUT2D eigenvalue weighted by Crippen LogP contribution is 2.58. The molecule has 3 aliphatic heterocycles. The Labute approximate surface area is 236 Å². The standard InChI is InChI=1S/C30H27ClN4O5/c1-2-39-25-15-20(14-22(31)27(25)40-17-19-9-4-3-8-18(19)16-32)26-24-12-7-13-34(24)30(28(26)35(37)38)21-10-5-6-11-23(21)33-29(30)36/h3-6,8-11,14-15,24,26,28H,2,7,12-13,17H2,1H3,(H,33,36)/t24-,26+,28+,30+/m0/s1. The summed E-state index contributed by atoms with van der Waals surface area (Å²) in [5.41, 5.74) is 1.66. The Bertz CT molecular complexity index is 1560. The Kier molecular flexibility index (Phi) is 6.61.